The van der Waals surface area contributed by atoms with Gasteiger partial charge in [-0.1, -0.05) is 0 Å². The molecule has 180 valence electrons. The van der Waals surface area contributed by atoms with Gasteiger partial charge in [-0.2, -0.15) is 0 Å². The molecule has 2 saturated heterocycles. The maximum atomic E-state index is 12.2. The Labute approximate surface area is 187 Å². The molecular weight excluding hydrogens is 398 g/mol. The highest BCUT2D eigenvalue weighted by Gasteiger charge is 2.34. The topological polar surface area (TPSA) is 98.7 Å². The van der Waals surface area contributed by atoms with Gasteiger partial charge in [0.15, 0.2) is 5.96 Å². The molecule has 0 saturated carbocycles. The first-order chi connectivity index (χ1) is 14.8. The number of piperazine rings is 1. The van der Waals surface area contributed by atoms with E-state index in [2.05, 4.69) is 22.5 Å². The van der Waals surface area contributed by atoms with Crippen molar-refractivity contribution in [2.75, 3.05) is 72.2 Å². The second kappa shape index (κ2) is 12.5. The number of amides is 1. The van der Waals surface area contributed by atoms with Crippen LogP contribution in [0.25, 0.3) is 0 Å². The van der Waals surface area contributed by atoms with Crippen molar-refractivity contribution in [2.24, 2.45) is 10.4 Å². The van der Waals surface area contributed by atoms with E-state index in [9.17, 15) is 9.90 Å². The average Bonchev–Trinajstić information content (AvgIpc) is 3.17. The van der Waals surface area contributed by atoms with Crippen LogP contribution in [0.2, 0.25) is 0 Å². The molecule has 0 aliphatic carbocycles. The molecule has 9 heteroatoms. The number of rotatable bonds is 9. The highest BCUT2D eigenvalue weighted by atomic mass is 16.6. The standard InChI is InChI=1S/C22H43N5O4/c1-5-23-19(25-17-22(7-15-28)8-16-30-18-22)24-9-6-10-26-11-13-27(14-12-26)20(29)31-21(2,3)4/h28H,5-18H2,1-4H3,(H2,23,24,25). The number of ether oxygens (including phenoxy) is 2. The minimum Gasteiger partial charge on any atom is -0.444 e. The lowest BCUT2D eigenvalue weighted by Crippen LogP contribution is -2.50. The predicted octanol–water partition coefficient (Wildman–Crippen LogP) is 1.27. The van der Waals surface area contributed by atoms with Crippen LogP contribution in [0.4, 0.5) is 4.79 Å². The molecule has 0 aromatic carbocycles. The van der Waals surface area contributed by atoms with Crippen LogP contribution >= 0.6 is 0 Å². The van der Waals surface area contributed by atoms with Crippen LogP contribution in [-0.4, -0.2) is 105 Å². The second-order valence-electron chi connectivity index (χ2n) is 9.56. The Balaban J connectivity index is 1.68. The van der Waals surface area contributed by atoms with Crippen molar-refractivity contribution in [1.29, 1.82) is 0 Å². The molecule has 2 aliphatic heterocycles. The molecule has 2 fully saturated rings. The monoisotopic (exact) mass is 441 g/mol. The molecule has 2 rings (SSSR count). The third-order valence-electron chi connectivity index (χ3n) is 5.71. The molecule has 0 spiro atoms. The summed E-state index contributed by atoms with van der Waals surface area (Å²) in [5, 5.41) is 16.1. The van der Waals surface area contributed by atoms with E-state index in [0.29, 0.717) is 26.2 Å². The highest BCUT2D eigenvalue weighted by molar-refractivity contribution is 5.79. The molecule has 0 aromatic rings. The van der Waals surface area contributed by atoms with Crippen LogP contribution in [0.5, 0.6) is 0 Å². The summed E-state index contributed by atoms with van der Waals surface area (Å²) in [5.74, 6) is 0.821. The first-order valence-electron chi connectivity index (χ1n) is 11.7. The van der Waals surface area contributed by atoms with Gasteiger partial charge in [0, 0.05) is 57.9 Å². The zero-order valence-corrected chi connectivity index (χ0v) is 19.9. The molecule has 2 aliphatic rings. The number of aliphatic imine (C=N–C) groups is 1. The van der Waals surface area contributed by atoms with Crippen molar-refractivity contribution >= 4 is 12.1 Å². The first kappa shape index (κ1) is 25.7. The second-order valence-corrected chi connectivity index (χ2v) is 9.56. The lowest BCUT2D eigenvalue weighted by molar-refractivity contribution is 0.0145. The number of hydrogen-bond donors (Lipinski definition) is 3. The van der Waals surface area contributed by atoms with Crippen LogP contribution in [0, 0.1) is 5.41 Å². The van der Waals surface area contributed by atoms with Crippen LogP contribution in [0.1, 0.15) is 47.0 Å². The summed E-state index contributed by atoms with van der Waals surface area (Å²) < 4.78 is 11.0. The van der Waals surface area contributed by atoms with Crippen LogP contribution in [0.15, 0.2) is 4.99 Å². The van der Waals surface area contributed by atoms with Gasteiger partial charge in [0.2, 0.25) is 0 Å². The summed E-state index contributed by atoms with van der Waals surface area (Å²) >= 11 is 0. The van der Waals surface area contributed by atoms with E-state index in [1.165, 1.54) is 0 Å². The normalized spacial score (nSPS) is 23.1. The molecule has 31 heavy (non-hydrogen) atoms. The largest absolute Gasteiger partial charge is 0.444 e. The van der Waals surface area contributed by atoms with Crippen LogP contribution in [0.3, 0.4) is 0 Å². The lowest BCUT2D eigenvalue weighted by atomic mass is 9.84. The molecular formula is C22H43N5O4. The zero-order valence-electron chi connectivity index (χ0n) is 19.9. The smallest absolute Gasteiger partial charge is 0.410 e. The zero-order chi connectivity index (χ0) is 22.7. The average molecular weight is 442 g/mol. The van der Waals surface area contributed by atoms with Crippen molar-refractivity contribution in [3.63, 3.8) is 0 Å². The van der Waals surface area contributed by atoms with E-state index in [0.717, 1.165) is 64.6 Å². The minimum absolute atomic E-state index is 0.0368. The van der Waals surface area contributed by atoms with Gasteiger partial charge < -0.3 is 30.1 Å². The van der Waals surface area contributed by atoms with E-state index < -0.39 is 5.60 Å². The van der Waals surface area contributed by atoms with Crippen molar-refractivity contribution in [2.45, 2.75) is 52.6 Å². The Morgan fingerprint density at radius 3 is 2.55 bits per heavy atom. The lowest BCUT2D eigenvalue weighted by Gasteiger charge is -2.35. The first-order valence-corrected chi connectivity index (χ1v) is 11.7. The molecule has 1 atom stereocenters. The van der Waals surface area contributed by atoms with Gasteiger partial charge in [-0.15, -0.1) is 0 Å². The quantitative estimate of drug-likeness (QED) is 0.282. The molecule has 3 N–H and O–H groups in total. The Hall–Kier alpha value is -1.58. The summed E-state index contributed by atoms with van der Waals surface area (Å²) in [5.41, 5.74) is -0.487. The summed E-state index contributed by atoms with van der Waals surface area (Å²) in [6.45, 7) is 15.8. The van der Waals surface area contributed by atoms with Gasteiger partial charge in [-0.25, -0.2) is 4.79 Å². The van der Waals surface area contributed by atoms with E-state index in [-0.39, 0.29) is 18.1 Å². The number of hydrogen-bond acceptors (Lipinski definition) is 6. The fraction of sp³-hybridized carbons (Fsp3) is 0.909. The molecule has 0 aromatic heterocycles. The number of nitrogens with one attached hydrogen (secondary N) is 2. The third-order valence-corrected chi connectivity index (χ3v) is 5.71. The van der Waals surface area contributed by atoms with Gasteiger partial charge in [0.1, 0.15) is 5.60 Å². The van der Waals surface area contributed by atoms with Gasteiger partial charge in [-0.3, -0.25) is 9.89 Å². The molecule has 1 amide bonds. The fourth-order valence-electron chi connectivity index (χ4n) is 3.87. The summed E-state index contributed by atoms with van der Waals surface area (Å²) in [4.78, 5) is 21.1. The van der Waals surface area contributed by atoms with Crippen LogP contribution in [-0.2, 0) is 9.47 Å². The Morgan fingerprint density at radius 2 is 1.97 bits per heavy atom. The number of aliphatic hydroxyl groups is 1. The minimum atomic E-state index is -0.450. The summed E-state index contributed by atoms with van der Waals surface area (Å²) in [6, 6.07) is 0. The maximum Gasteiger partial charge on any atom is 0.410 e. The number of carbonyl (C=O) groups excluding carboxylic acids is 1. The SMILES string of the molecule is CCNC(=NCC1(CCO)CCOC1)NCCCN1CCN(C(=O)OC(C)(C)C)CC1. The van der Waals surface area contributed by atoms with E-state index in [4.69, 9.17) is 14.5 Å². The Morgan fingerprint density at radius 1 is 1.23 bits per heavy atom. The molecule has 0 bridgehead atoms. The molecule has 2 heterocycles. The summed E-state index contributed by atoms with van der Waals surface area (Å²) in [6.07, 6.45) is 2.46. The molecule has 0 radical (unpaired) electrons. The fourth-order valence-corrected chi connectivity index (χ4v) is 3.87. The maximum absolute atomic E-state index is 12.2. The van der Waals surface area contributed by atoms with E-state index in [1.807, 2.05) is 20.8 Å². The third kappa shape index (κ3) is 9.21. The number of guanidine groups is 1. The number of nitrogens with zero attached hydrogens (tertiary/aromatic N) is 3. The van der Waals surface area contributed by atoms with Gasteiger partial charge in [0.25, 0.3) is 0 Å². The van der Waals surface area contributed by atoms with Crippen molar-refractivity contribution < 1.29 is 19.4 Å². The predicted molar refractivity (Wildman–Crippen MR) is 122 cm³/mol. The number of carbonyl (C=O) groups is 1. The Bertz CT molecular complexity index is 565. The van der Waals surface area contributed by atoms with Gasteiger partial charge >= 0.3 is 6.09 Å². The highest BCUT2D eigenvalue weighted by Crippen LogP contribution is 2.32. The van der Waals surface area contributed by atoms with E-state index in [1.54, 1.807) is 4.90 Å². The molecule has 9 nitrogen and oxygen atoms in total. The van der Waals surface area contributed by atoms with Crippen molar-refractivity contribution in [3.05, 3.63) is 0 Å². The van der Waals surface area contributed by atoms with Crippen molar-refractivity contribution in [1.82, 2.24) is 20.4 Å². The number of aliphatic hydroxyl groups excluding tert-OH is 1. The van der Waals surface area contributed by atoms with Crippen molar-refractivity contribution in [3.8, 4) is 0 Å². The van der Waals surface area contributed by atoms with Gasteiger partial charge in [-0.05, 0) is 53.5 Å². The van der Waals surface area contributed by atoms with Gasteiger partial charge in [0.05, 0.1) is 13.2 Å². The van der Waals surface area contributed by atoms with E-state index >= 15 is 0 Å². The Kier molecular flexibility index (Phi) is 10.3. The molecule has 1 unspecified atom stereocenters. The van der Waals surface area contributed by atoms with Crippen LogP contribution < -0.4 is 10.6 Å². The summed E-state index contributed by atoms with van der Waals surface area (Å²) in [7, 11) is 0.